The van der Waals surface area contributed by atoms with Crippen LogP contribution in [0.3, 0.4) is 0 Å². The highest BCUT2D eigenvalue weighted by atomic mass is 16.4. The predicted octanol–water partition coefficient (Wildman–Crippen LogP) is 3.18. The number of carbonyl (C=O) groups excluding carboxylic acids is 1. The molecule has 0 bridgehead atoms. The van der Waals surface area contributed by atoms with E-state index in [2.05, 4.69) is 10.6 Å². The number of amides is 2. The Bertz CT molecular complexity index is 475. The minimum atomic E-state index is -0.816. The number of carboxylic acid groups (broad SMARTS) is 1. The Kier molecular flexibility index (Phi) is 5.13. The summed E-state index contributed by atoms with van der Waals surface area (Å²) in [6.07, 6.45) is 0.0945. The van der Waals surface area contributed by atoms with Gasteiger partial charge < -0.3 is 15.7 Å². The van der Waals surface area contributed by atoms with Gasteiger partial charge in [-0.2, -0.15) is 0 Å². The molecule has 0 aromatic heterocycles. The third-order valence-corrected chi connectivity index (χ3v) is 2.71. The molecule has 1 aromatic carbocycles. The molecular weight excluding hydrogens is 256 g/mol. The van der Waals surface area contributed by atoms with Crippen molar-refractivity contribution in [2.24, 2.45) is 0 Å². The molecule has 0 radical (unpaired) electrons. The third kappa shape index (κ3) is 5.73. The van der Waals surface area contributed by atoms with Gasteiger partial charge in [0.1, 0.15) is 0 Å². The summed E-state index contributed by atoms with van der Waals surface area (Å²) in [5.41, 5.74) is 1.33. The number of carboxylic acids is 1. The zero-order valence-electron chi connectivity index (χ0n) is 12.4. The fourth-order valence-corrected chi connectivity index (χ4v) is 1.78. The Morgan fingerprint density at radius 3 is 2.20 bits per heavy atom. The molecule has 1 atom stereocenters. The second-order valence-corrected chi connectivity index (χ2v) is 5.95. The van der Waals surface area contributed by atoms with Crippen molar-refractivity contribution in [3.63, 3.8) is 0 Å². The highest BCUT2D eigenvalue weighted by Crippen LogP contribution is 2.21. The lowest BCUT2D eigenvalue weighted by atomic mass is 9.98. The van der Waals surface area contributed by atoms with Gasteiger partial charge in [0.2, 0.25) is 0 Å². The molecule has 0 aliphatic carbocycles. The largest absolute Gasteiger partial charge is 0.481 e. The molecule has 0 spiro atoms. The summed E-state index contributed by atoms with van der Waals surface area (Å²) >= 11 is 0. The van der Waals surface area contributed by atoms with Crippen molar-refractivity contribution in [2.45, 2.75) is 45.6 Å². The van der Waals surface area contributed by atoms with E-state index in [0.717, 1.165) is 5.56 Å². The van der Waals surface area contributed by atoms with Crippen molar-refractivity contribution in [3.8, 4) is 0 Å². The Labute approximate surface area is 119 Å². The molecule has 0 fully saturated rings. The van der Waals surface area contributed by atoms with E-state index >= 15 is 0 Å². The van der Waals surface area contributed by atoms with Crippen LogP contribution in [0.4, 0.5) is 10.5 Å². The summed E-state index contributed by atoms with van der Waals surface area (Å²) < 4.78 is 0. The zero-order valence-corrected chi connectivity index (χ0v) is 12.4. The van der Waals surface area contributed by atoms with E-state index in [0.29, 0.717) is 5.69 Å². The molecule has 0 heterocycles. The molecule has 1 rings (SSSR count). The third-order valence-electron chi connectivity index (χ3n) is 2.71. The van der Waals surface area contributed by atoms with Crippen molar-refractivity contribution in [3.05, 3.63) is 29.8 Å². The Morgan fingerprint density at radius 1 is 1.20 bits per heavy atom. The number of carbonyl (C=O) groups is 2. The van der Waals surface area contributed by atoms with Gasteiger partial charge in [0, 0.05) is 11.2 Å². The van der Waals surface area contributed by atoms with Crippen LogP contribution >= 0.6 is 0 Å². The second kappa shape index (κ2) is 6.41. The molecule has 20 heavy (non-hydrogen) atoms. The van der Waals surface area contributed by atoms with Crippen LogP contribution in [0.1, 0.15) is 45.6 Å². The number of urea groups is 1. The number of rotatable bonds is 4. The first-order valence-electron chi connectivity index (χ1n) is 6.58. The summed E-state index contributed by atoms with van der Waals surface area (Å²) in [5.74, 6) is -0.866. The van der Waals surface area contributed by atoms with Crippen molar-refractivity contribution in [2.75, 3.05) is 5.32 Å². The highest BCUT2D eigenvalue weighted by Gasteiger charge is 2.14. The fourth-order valence-electron chi connectivity index (χ4n) is 1.78. The molecule has 0 aliphatic rings. The van der Waals surface area contributed by atoms with E-state index in [9.17, 15) is 9.59 Å². The quantitative estimate of drug-likeness (QED) is 0.791. The molecule has 1 unspecified atom stereocenters. The molecule has 1 aromatic rings. The first kappa shape index (κ1) is 16.0. The summed E-state index contributed by atoms with van der Waals surface area (Å²) in [5, 5.41) is 14.3. The summed E-state index contributed by atoms with van der Waals surface area (Å²) in [4.78, 5) is 22.4. The van der Waals surface area contributed by atoms with Crippen molar-refractivity contribution >= 4 is 17.7 Å². The molecule has 0 saturated heterocycles. The van der Waals surface area contributed by atoms with Crippen LogP contribution in [0.25, 0.3) is 0 Å². The van der Waals surface area contributed by atoms with Crippen LogP contribution in [0.2, 0.25) is 0 Å². The van der Waals surface area contributed by atoms with E-state index in [1.54, 1.807) is 12.1 Å². The topological polar surface area (TPSA) is 78.4 Å². The van der Waals surface area contributed by atoms with Crippen LogP contribution < -0.4 is 10.6 Å². The monoisotopic (exact) mass is 278 g/mol. The summed E-state index contributed by atoms with van der Waals surface area (Å²) in [6.45, 7) is 7.58. The SMILES string of the molecule is CC(CC(=O)O)c1ccc(NC(=O)NC(C)(C)C)cc1. The van der Waals surface area contributed by atoms with Gasteiger partial charge in [-0.05, 0) is 44.4 Å². The van der Waals surface area contributed by atoms with Crippen LogP contribution in [-0.2, 0) is 4.79 Å². The average molecular weight is 278 g/mol. The zero-order chi connectivity index (χ0) is 15.3. The van der Waals surface area contributed by atoms with Gasteiger partial charge in [-0.3, -0.25) is 4.79 Å². The molecular formula is C15H22N2O3. The molecule has 2 amide bonds. The first-order chi connectivity index (χ1) is 9.17. The smallest absolute Gasteiger partial charge is 0.319 e. The molecule has 110 valence electrons. The van der Waals surface area contributed by atoms with E-state index in [-0.39, 0.29) is 23.9 Å². The van der Waals surface area contributed by atoms with Crippen molar-refractivity contribution in [1.82, 2.24) is 5.32 Å². The van der Waals surface area contributed by atoms with Crippen LogP contribution in [-0.4, -0.2) is 22.6 Å². The van der Waals surface area contributed by atoms with Crippen LogP contribution in [0.15, 0.2) is 24.3 Å². The molecule has 3 N–H and O–H groups in total. The minimum Gasteiger partial charge on any atom is -0.481 e. The fraction of sp³-hybridized carbons (Fsp3) is 0.467. The van der Waals surface area contributed by atoms with Gasteiger partial charge in [0.15, 0.2) is 0 Å². The number of hydrogen-bond donors (Lipinski definition) is 3. The van der Waals surface area contributed by atoms with E-state index in [4.69, 9.17) is 5.11 Å². The van der Waals surface area contributed by atoms with E-state index in [1.165, 1.54) is 0 Å². The standard InChI is InChI=1S/C15H22N2O3/c1-10(9-13(18)19)11-5-7-12(8-6-11)16-14(20)17-15(2,3)4/h5-8,10H,9H2,1-4H3,(H,18,19)(H2,16,17,20). The molecule has 0 aliphatic heterocycles. The normalized spacial score (nSPS) is 12.6. The number of anilines is 1. The van der Waals surface area contributed by atoms with Crippen molar-refractivity contribution < 1.29 is 14.7 Å². The van der Waals surface area contributed by atoms with Crippen molar-refractivity contribution in [1.29, 1.82) is 0 Å². The van der Waals surface area contributed by atoms with Gasteiger partial charge in [0.05, 0.1) is 6.42 Å². The number of nitrogens with one attached hydrogen (secondary N) is 2. The van der Waals surface area contributed by atoms with Gasteiger partial charge in [-0.15, -0.1) is 0 Å². The maximum Gasteiger partial charge on any atom is 0.319 e. The van der Waals surface area contributed by atoms with Crippen LogP contribution in [0, 0.1) is 0 Å². The van der Waals surface area contributed by atoms with E-state index < -0.39 is 5.97 Å². The van der Waals surface area contributed by atoms with Gasteiger partial charge in [-0.1, -0.05) is 19.1 Å². The Morgan fingerprint density at radius 2 is 1.75 bits per heavy atom. The summed E-state index contributed by atoms with van der Waals surface area (Å²) in [7, 11) is 0. The first-order valence-corrected chi connectivity index (χ1v) is 6.58. The number of hydrogen-bond acceptors (Lipinski definition) is 2. The molecule has 5 heteroatoms. The van der Waals surface area contributed by atoms with Gasteiger partial charge in [0.25, 0.3) is 0 Å². The minimum absolute atomic E-state index is 0.0510. The highest BCUT2D eigenvalue weighted by molar-refractivity contribution is 5.89. The lowest BCUT2D eigenvalue weighted by Crippen LogP contribution is -2.43. The number of aliphatic carboxylic acids is 1. The Balaban J connectivity index is 2.63. The maximum atomic E-state index is 11.7. The maximum absolute atomic E-state index is 11.7. The molecule has 0 saturated carbocycles. The predicted molar refractivity (Wildman–Crippen MR) is 79.0 cm³/mol. The molecule has 5 nitrogen and oxygen atoms in total. The number of benzene rings is 1. The van der Waals surface area contributed by atoms with Gasteiger partial charge >= 0.3 is 12.0 Å². The van der Waals surface area contributed by atoms with Crippen LogP contribution in [0.5, 0.6) is 0 Å². The average Bonchev–Trinajstić information content (AvgIpc) is 2.26. The van der Waals surface area contributed by atoms with Gasteiger partial charge in [-0.25, -0.2) is 4.79 Å². The lowest BCUT2D eigenvalue weighted by molar-refractivity contribution is -0.137. The van der Waals surface area contributed by atoms with E-state index in [1.807, 2.05) is 39.8 Å². The lowest BCUT2D eigenvalue weighted by Gasteiger charge is -2.20. The Hall–Kier alpha value is -2.04. The second-order valence-electron chi connectivity index (χ2n) is 5.95. The summed E-state index contributed by atoms with van der Waals surface area (Å²) in [6, 6.07) is 6.95.